The topological polar surface area (TPSA) is 15.7 Å². The maximum Gasteiger partial charge on any atom is 0.123 e. The summed E-state index contributed by atoms with van der Waals surface area (Å²) in [6.45, 7) is 7.08. The molecule has 2 aliphatic heterocycles. The molecule has 2 heterocycles. The molecule has 0 amide bonds. The Bertz CT molecular complexity index is 1090. The molecule has 1 saturated heterocycles. The third-order valence-corrected chi connectivity index (χ3v) is 7.75. The number of benzene rings is 3. The first-order valence-electron chi connectivity index (χ1n) is 13.2. The van der Waals surface area contributed by atoms with Gasteiger partial charge < -0.3 is 4.74 Å². The van der Waals surface area contributed by atoms with E-state index in [2.05, 4.69) is 76.5 Å². The first-order chi connectivity index (χ1) is 17.2. The Balaban J connectivity index is 0.00000190. The summed E-state index contributed by atoms with van der Waals surface area (Å²) in [5, 5.41) is 0.839. The van der Waals surface area contributed by atoms with Crippen LogP contribution in [0.4, 0.5) is 0 Å². The molecule has 0 bridgehead atoms. The summed E-state index contributed by atoms with van der Waals surface area (Å²) in [5.41, 5.74) is 5.48. The van der Waals surface area contributed by atoms with E-state index in [1.807, 2.05) is 6.07 Å². The number of aryl methyl sites for hydroxylation is 1. The number of piperidine rings is 1. The standard InChI is InChI=1S/C31H37ClN2O.2ClH/c32-30-11-5-10-28(21-30)23-33-16-14-25(15-17-33)8-4-9-26-12-13-31-29(20-26)24-34(18-19-35-31)22-27-6-2-1-3-7-27;;/h1-3,5-7,10-13,20-21,25H,4,8-9,14-19,22-24H2;2*1H. The van der Waals surface area contributed by atoms with Gasteiger partial charge in [0.05, 0.1) is 0 Å². The third kappa shape index (κ3) is 8.90. The van der Waals surface area contributed by atoms with Crippen molar-refractivity contribution in [3.05, 3.63) is 100 Å². The van der Waals surface area contributed by atoms with Crippen molar-refractivity contribution in [3.63, 3.8) is 0 Å². The number of hydrogen-bond acceptors (Lipinski definition) is 3. The van der Waals surface area contributed by atoms with Gasteiger partial charge >= 0.3 is 0 Å². The lowest BCUT2D eigenvalue weighted by Gasteiger charge is -2.32. The second-order valence-corrected chi connectivity index (χ2v) is 10.7. The number of likely N-dealkylation sites (tertiary alicyclic amines) is 1. The van der Waals surface area contributed by atoms with Gasteiger partial charge in [0.15, 0.2) is 0 Å². The average molecular weight is 562 g/mol. The fraction of sp³-hybridized carbons (Fsp3) is 0.419. The first-order valence-corrected chi connectivity index (χ1v) is 13.6. The number of rotatable bonds is 8. The molecule has 200 valence electrons. The van der Waals surface area contributed by atoms with Gasteiger partial charge in [0.2, 0.25) is 0 Å². The number of ether oxygens (including phenoxy) is 1. The fourth-order valence-electron chi connectivity index (χ4n) is 5.56. The molecule has 0 saturated carbocycles. The van der Waals surface area contributed by atoms with Crippen molar-refractivity contribution in [2.75, 3.05) is 26.2 Å². The van der Waals surface area contributed by atoms with Gasteiger partial charge in [0.1, 0.15) is 12.4 Å². The van der Waals surface area contributed by atoms with Gasteiger partial charge in [-0.1, -0.05) is 72.6 Å². The Kier molecular flexibility index (Phi) is 12.1. The lowest BCUT2D eigenvalue weighted by molar-refractivity contribution is 0.171. The van der Waals surface area contributed by atoms with E-state index >= 15 is 0 Å². The number of fused-ring (bicyclic) bond motifs is 1. The van der Waals surface area contributed by atoms with Crippen molar-refractivity contribution >= 4 is 36.4 Å². The summed E-state index contributed by atoms with van der Waals surface area (Å²) in [6, 6.07) is 25.9. The fourth-order valence-corrected chi connectivity index (χ4v) is 5.77. The Labute approximate surface area is 240 Å². The molecule has 0 aliphatic carbocycles. The molecule has 0 atom stereocenters. The van der Waals surface area contributed by atoms with E-state index < -0.39 is 0 Å². The highest BCUT2D eigenvalue weighted by atomic mass is 35.5. The predicted molar refractivity (Wildman–Crippen MR) is 159 cm³/mol. The van der Waals surface area contributed by atoms with Crippen LogP contribution in [0.3, 0.4) is 0 Å². The van der Waals surface area contributed by atoms with Crippen LogP contribution < -0.4 is 4.74 Å². The van der Waals surface area contributed by atoms with Gasteiger partial charge in [0.25, 0.3) is 0 Å². The quantitative estimate of drug-likeness (QED) is 0.279. The van der Waals surface area contributed by atoms with Crippen molar-refractivity contribution in [2.24, 2.45) is 5.92 Å². The zero-order valence-electron chi connectivity index (χ0n) is 21.5. The van der Waals surface area contributed by atoms with E-state index in [1.165, 1.54) is 61.0 Å². The van der Waals surface area contributed by atoms with Crippen LogP contribution in [-0.2, 0) is 26.1 Å². The molecule has 3 aromatic rings. The van der Waals surface area contributed by atoms with E-state index in [-0.39, 0.29) is 24.8 Å². The summed E-state index contributed by atoms with van der Waals surface area (Å²) in [4.78, 5) is 5.08. The predicted octanol–water partition coefficient (Wildman–Crippen LogP) is 7.81. The van der Waals surface area contributed by atoms with Crippen LogP contribution in [-0.4, -0.2) is 36.0 Å². The van der Waals surface area contributed by atoms with Gasteiger partial charge in [-0.3, -0.25) is 9.80 Å². The van der Waals surface area contributed by atoms with Crippen LogP contribution in [0.5, 0.6) is 5.75 Å². The minimum absolute atomic E-state index is 0. The lowest BCUT2D eigenvalue weighted by Crippen LogP contribution is -2.33. The van der Waals surface area contributed by atoms with Crippen LogP contribution in [0.1, 0.15) is 47.9 Å². The van der Waals surface area contributed by atoms with Crippen molar-refractivity contribution in [3.8, 4) is 5.75 Å². The summed E-state index contributed by atoms with van der Waals surface area (Å²) in [7, 11) is 0. The molecule has 1 fully saturated rings. The van der Waals surface area contributed by atoms with E-state index in [0.29, 0.717) is 0 Å². The van der Waals surface area contributed by atoms with E-state index in [0.717, 1.165) is 55.9 Å². The Morgan fingerprint density at radius 3 is 2.30 bits per heavy atom. The number of nitrogens with zero attached hydrogens (tertiary/aromatic N) is 2. The molecule has 0 radical (unpaired) electrons. The molecule has 37 heavy (non-hydrogen) atoms. The lowest BCUT2D eigenvalue weighted by atomic mass is 9.90. The maximum atomic E-state index is 6.15. The SMILES string of the molecule is Cl.Cl.Clc1cccc(CN2CCC(CCCc3ccc4c(c3)CN(Cc3ccccc3)CCO4)CC2)c1. The molecule has 0 N–H and O–H groups in total. The highest BCUT2D eigenvalue weighted by Gasteiger charge is 2.20. The van der Waals surface area contributed by atoms with Crippen LogP contribution in [0.2, 0.25) is 5.02 Å². The normalized spacial score (nSPS) is 16.6. The zero-order chi connectivity index (χ0) is 23.9. The zero-order valence-corrected chi connectivity index (χ0v) is 23.9. The Hall–Kier alpha value is -1.75. The summed E-state index contributed by atoms with van der Waals surface area (Å²) in [6.07, 6.45) is 6.39. The van der Waals surface area contributed by atoms with E-state index in [1.54, 1.807) is 0 Å². The van der Waals surface area contributed by atoms with Crippen LogP contribution in [0, 0.1) is 5.92 Å². The molecule has 2 aliphatic rings. The molecular formula is C31H39Cl3N2O. The number of halogens is 3. The summed E-state index contributed by atoms with van der Waals surface area (Å²) >= 11 is 6.15. The second-order valence-electron chi connectivity index (χ2n) is 10.2. The summed E-state index contributed by atoms with van der Waals surface area (Å²) < 4.78 is 6.08. The van der Waals surface area contributed by atoms with Gasteiger partial charge in [-0.2, -0.15) is 0 Å². The molecular weight excluding hydrogens is 523 g/mol. The van der Waals surface area contributed by atoms with E-state index in [9.17, 15) is 0 Å². The second kappa shape index (κ2) is 15.0. The van der Waals surface area contributed by atoms with Gasteiger partial charge in [0, 0.05) is 36.8 Å². The Morgan fingerprint density at radius 2 is 1.51 bits per heavy atom. The van der Waals surface area contributed by atoms with Crippen LogP contribution >= 0.6 is 36.4 Å². The minimum Gasteiger partial charge on any atom is -0.492 e. The van der Waals surface area contributed by atoms with Crippen molar-refractivity contribution in [1.82, 2.24) is 9.80 Å². The average Bonchev–Trinajstić information content (AvgIpc) is 3.07. The van der Waals surface area contributed by atoms with Gasteiger partial charge in [-0.05, 0) is 79.6 Å². The summed E-state index contributed by atoms with van der Waals surface area (Å²) in [5.74, 6) is 1.92. The molecule has 0 aromatic heterocycles. The monoisotopic (exact) mass is 560 g/mol. The highest BCUT2D eigenvalue weighted by molar-refractivity contribution is 6.30. The first kappa shape index (κ1) is 29.8. The van der Waals surface area contributed by atoms with Crippen LogP contribution in [0.25, 0.3) is 0 Å². The number of hydrogen-bond donors (Lipinski definition) is 0. The molecule has 6 heteroatoms. The van der Waals surface area contributed by atoms with E-state index in [4.69, 9.17) is 16.3 Å². The molecule has 5 rings (SSSR count). The van der Waals surface area contributed by atoms with Crippen molar-refractivity contribution in [1.29, 1.82) is 0 Å². The Morgan fingerprint density at radius 1 is 0.757 bits per heavy atom. The molecule has 3 nitrogen and oxygen atoms in total. The highest BCUT2D eigenvalue weighted by Crippen LogP contribution is 2.28. The third-order valence-electron chi connectivity index (χ3n) is 7.51. The maximum absolute atomic E-state index is 6.15. The molecule has 0 spiro atoms. The largest absolute Gasteiger partial charge is 0.492 e. The van der Waals surface area contributed by atoms with Crippen molar-refractivity contribution < 1.29 is 4.74 Å². The van der Waals surface area contributed by atoms with Crippen LogP contribution in [0.15, 0.2) is 72.8 Å². The van der Waals surface area contributed by atoms with Gasteiger partial charge in [-0.25, -0.2) is 0 Å². The minimum atomic E-state index is 0. The van der Waals surface area contributed by atoms with Crippen molar-refractivity contribution in [2.45, 2.75) is 51.7 Å². The van der Waals surface area contributed by atoms with Gasteiger partial charge in [-0.15, -0.1) is 24.8 Å². The molecule has 0 unspecified atom stereocenters. The smallest absolute Gasteiger partial charge is 0.123 e. The molecule has 3 aromatic carbocycles.